The van der Waals surface area contributed by atoms with E-state index in [9.17, 15) is 4.79 Å². The van der Waals surface area contributed by atoms with Gasteiger partial charge in [0.15, 0.2) is 5.79 Å². The van der Waals surface area contributed by atoms with Crippen LogP contribution in [-0.2, 0) is 14.2 Å². The number of methoxy groups -OCH3 is 2. The second-order valence-electron chi connectivity index (χ2n) is 7.18. The van der Waals surface area contributed by atoms with Gasteiger partial charge in [0.05, 0.1) is 26.9 Å². The number of ether oxygens (including phenoxy) is 5. The van der Waals surface area contributed by atoms with Gasteiger partial charge in [0.25, 0.3) is 0 Å². The highest BCUT2D eigenvalue weighted by atomic mass is 16.7. The maximum Gasteiger partial charge on any atom is 0.343 e. The minimum absolute atomic E-state index is 0.116. The van der Waals surface area contributed by atoms with E-state index in [1.54, 1.807) is 31.4 Å². The van der Waals surface area contributed by atoms with Gasteiger partial charge in [-0.2, -0.15) is 0 Å². The largest absolute Gasteiger partial charge is 0.497 e. The molecule has 0 amide bonds. The fraction of sp³-hybridized carbons (Fsp3) is 0.458. The molecule has 0 radical (unpaired) electrons. The number of benzene rings is 1. The van der Waals surface area contributed by atoms with Gasteiger partial charge < -0.3 is 23.7 Å². The Morgan fingerprint density at radius 3 is 2.63 bits per heavy atom. The maximum atomic E-state index is 12.6. The molecule has 2 atom stereocenters. The molecule has 0 N–H and O–H groups in total. The van der Waals surface area contributed by atoms with E-state index in [1.165, 1.54) is 7.11 Å². The van der Waals surface area contributed by atoms with Crippen LogP contribution in [0, 0.1) is 11.8 Å². The van der Waals surface area contributed by atoms with Crippen LogP contribution in [-0.4, -0.2) is 44.8 Å². The van der Waals surface area contributed by atoms with E-state index in [0.29, 0.717) is 36.3 Å². The Morgan fingerprint density at radius 2 is 2.00 bits per heavy atom. The van der Waals surface area contributed by atoms with Gasteiger partial charge in [0.2, 0.25) is 0 Å². The van der Waals surface area contributed by atoms with Crippen LogP contribution >= 0.6 is 0 Å². The first-order chi connectivity index (χ1) is 14.3. The van der Waals surface area contributed by atoms with Crippen molar-refractivity contribution in [1.29, 1.82) is 0 Å². The van der Waals surface area contributed by atoms with E-state index in [4.69, 9.17) is 23.7 Å². The number of carbonyl (C=O) groups is 1. The molecule has 6 heteroatoms. The minimum atomic E-state index is -0.639. The SMILES string of the molecule is C=CCCOC(=O)c1c(C#CCC[C@@H]2OC(C)(C)O[C@@H]2C=C)cc(OC)cc1OC. The van der Waals surface area contributed by atoms with Gasteiger partial charge in [-0.05, 0) is 32.8 Å². The molecule has 0 bridgehead atoms. The third-order valence-corrected chi connectivity index (χ3v) is 4.52. The third-order valence-electron chi connectivity index (χ3n) is 4.52. The zero-order chi connectivity index (χ0) is 22.1. The molecule has 1 aromatic rings. The van der Waals surface area contributed by atoms with E-state index in [-0.39, 0.29) is 24.4 Å². The number of hydrogen-bond donors (Lipinski definition) is 0. The highest BCUT2D eigenvalue weighted by Gasteiger charge is 2.39. The predicted molar refractivity (Wildman–Crippen MR) is 115 cm³/mol. The van der Waals surface area contributed by atoms with E-state index in [1.807, 2.05) is 13.8 Å². The fourth-order valence-corrected chi connectivity index (χ4v) is 3.14. The Balaban J connectivity index is 2.20. The quantitative estimate of drug-likeness (QED) is 0.260. The zero-order valence-corrected chi connectivity index (χ0v) is 18.2. The second-order valence-corrected chi connectivity index (χ2v) is 7.18. The predicted octanol–water partition coefficient (Wildman–Crippen LogP) is 4.27. The summed E-state index contributed by atoms with van der Waals surface area (Å²) < 4.78 is 27.7. The van der Waals surface area contributed by atoms with E-state index in [0.717, 1.165) is 0 Å². The van der Waals surface area contributed by atoms with Crippen molar-refractivity contribution in [2.45, 2.75) is 51.1 Å². The van der Waals surface area contributed by atoms with Crippen molar-refractivity contribution >= 4 is 5.97 Å². The van der Waals surface area contributed by atoms with Crippen molar-refractivity contribution in [2.24, 2.45) is 0 Å². The van der Waals surface area contributed by atoms with Gasteiger partial charge in [0, 0.05) is 18.1 Å². The molecule has 1 aromatic carbocycles. The van der Waals surface area contributed by atoms with Crippen molar-refractivity contribution < 1.29 is 28.5 Å². The Morgan fingerprint density at radius 1 is 1.23 bits per heavy atom. The monoisotopic (exact) mass is 414 g/mol. The van der Waals surface area contributed by atoms with Crippen LogP contribution in [0.4, 0.5) is 0 Å². The number of carbonyl (C=O) groups excluding carboxylic acids is 1. The third kappa shape index (κ3) is 6.12. The summed E-state index contributed by atoms with van der Waals surface area (Å²) in [6.45, 7) is 11.4. The Labute approximate surface area is 178 Å². The molecule has 1 aliphatic heterocycles. The standard InChI is InChI=1S/C24H30O6/c1-7-9-14-28-23(25)22-17(15-18(26-5)16-21(22)27-6)12-10-11-13-20-19(8-2)29-24(3,4)30-20/h7-8,15-16,19-20H,1-2,9,11,13-14H2,3-6H3/t19-,20+/m1/s1. The lowest BCUT2D eigenvalue weighted by molar-refractivity contribution is -0.143. The summed E-state index contributed by atoms with van der Waals surface area (Å²) in [4.78, 5) is 12.6. The smallest absolute Gasteiger partial charge is 0.343 e. The van der Waals surface area contributed by atoms with Gasteiger partial charge in [0.1, 0.15) is 23.2 Å². The molecule has 1 aliphatic rings. The van der Waals surface area contributed by atoms with E-state index < -0.39 is 11.8 Å². The molecular formula is C24H30O6. The van der Waals surface area contributed by atoms with Crippen LogP contribution in [0.25, 0.3) is 0 Å². The molecule has 1 heterocycles. The molecule has 0 spiro atoms. The lowest BCUT2D eigenvalue weighted by Gasteiger charge is -2.16. The summed E-state index contributed by atoms with van der Waals surface area (Å²) in [5, 5.41) is 0. The molecule has 0 aromatic heterocycles. The van der Waals surface area contributed by atoms with Gasteiger partial charge in [-0.3, -0.25) is 0 Å². The van der Waals surface area contributed by atoms with Crippen molar-refractivity contribution in [1.82, 2.24) is 0 Å². The number of hydrogen-bond acceptors (Lipinski definition) is 6. The highest BCUT2D eigenvalue weighted by molar-refractivity contribution is 5.96. The zero-order valence-electron chi connectivity index (χ0n) is 18.2. The average molecular weight is 414 g/mol. The van der Waals surface area contributed by atoms with Crippen LogP contribution in [0.15, 0.2) is 37.4 Å². The van der Waals surface area contributed by atoms with E-state index >= 15 is 0 Å². The molecular weight excluding hydrogens is 384 g/mol. The number of esters is 1. The first-order valence-electron chi connectivity index (χ1n) is 9.86. The summed E-state index contributed by atoms with van der Waals surface area (Å²) in [6, 6.07) is 3.33. The lowest BCUT2D eigenvalue weighted by atomic mass is 10.0. The maximum absolute atomic E-state index is 12.6. The summed E-state index contributed by atoms with van der Waals surface area (Å²) in [6.07, 6.45) is 4.94. The van der Waals surface area contributed by atoms with Crippen LogP contribution in [0.3, 0.4) is 0 Å². The molecule has 1 fully saturated rings. The second kappa shape index (κ2) is 10.9. The van der Waals surface area contributed by atoms with Crippen LogP contribution in [0.1, 0.15) is 49.0 Å². The molecule has 2 rings (SSSR count). The first kappa shape index (κ1) is 23.5. The summed E-state index contributed by atoms with van der Waals surface area (Å²) >= 11 is 0. The lowest BCUT2D eigenvalue weighted by Crippen LogP contribution is -2.21. The molecule has 30 heavy (non-hydrogen) atoms. The Bertz CT molecular complexity index is 830. The number of rotatable bonds is 9. The summed E-state index contributed by atoms with van der Waals surface area (Å²) in [5.74, 6) is 5.92. The molecule has 0 aliphatic carbocycles. The molecule has 1 saturated heterocycles. The average Bonchev–Trinajstić information content (AvgIpc) is 3.04. The van der Waals surface area contributed by atoms with Gasteiger partial charge in [-0.25, -0.2) is 4.79 Å². The molecule has 0 unspecified atom stereocenters. The Kier molecular flexibility index (Phi) is 8.52. The molecule has 0 saturated carbocycles. The van der Waals surface area contributed by atoms with Crippen LogP contribution < -0.4 is 9.47 Å². The normalized spacial score (nSPS) is 19.3. The van der Waals surface area contributed by atoms with Crippen molar-refractivity contribution in [3.8, 4) is 23.3 Å². The van der Waals surface area contributed by atoms with Crippen LogP contribution in [0.5, 0.6) is 11.5 Å². The highest BCUT2D eigenvalue weighted by Crippen LogP contribution is 2.31. The van der Waals surface area contributed by atoms with Crippen molar-refractivity contribution in [3.63, 3.8) is 0 Å². The fourth-order valence-electron chi connectivity index (χ4n) is 3.14. The molecule has 6 nitrogen and oxygen atoms in total. The summed E-state index contributed by atoms with van der Waals surface area (Å²) in [5.41, 5.74) is 0.763. The van der Waals surface area contributed by atoms with Gasteiger partial charge in [-0.15, -0.1) is 13.2 Å². The topological polar surface area (TPSA) is 63.2 Å². The first-order valence-corrected chi connectivity index (χ1v) is 9.86. The Hall–Kier alpha value is -2.75. The van der Waals surface area contributed by atoms with Crippen molar-refractivity contribution in [3.05, 3.63) is 48.6 Å². The van der Waals surface area contributed by atoms with Crippen molar-refractivity contribution in [2.75, 3.05) is 20.8 Å². The van der Waals surface area contributed by atoms with Gasteiger partial charge >= 0.3 is 5.97 Å². The summed E-state index contributed by atoms with van der Waals surface area (Å²) in [7, 11) is 3.03. The molecule has 162 valence electrons. The minimum Gasteiger partial charge on any atom is -0.497 e. The van der Waals surface area contributed by atoms with E-state index in [2.05, 4.69) is 25.0 Å². The van der Waals surface area contributed by atoms with Gasteiger partial charge in [-0.1, -0.05) is 24.0 Å². The van der Waals surface area contributed by atoms with Crippen LogP contribution in [0.2, 0.25) is 0 Å².